The molecule has 12 unspecified atom stereocenters. The summed E-state index contributed by atoms with van der Waals surface area (Å²) in [6, 6.07) is 16.0. The van der Waals surface area contributed by atoms with E-state index >= 15 is 0 Å². The monoisotopic (exact) mass is 1480 g/mol. The molecule has 590 valence electrons. The molecule has 3 aromatic rings. The second kappa shape index (κ2) is 58.1. The van der Waals surface area contributed by atoms with Crippen molar-refractivity contribution in [3.05, 3.63) is 72.8 Å². The number of carbonyl (C=O) groups is 4. The molecule has 0 aliphatic heterocycles. The Balaban J connectivity index is 1.56. The predicted molar refractivity (Wildman–Crippen MR) is 382 cm³/mol. The van der Waals surface area contributed by atoms with E-state index in [-0.39, 0.29) is 166 Å². The van der Waals surface area contributed by atoms with Crippen LogP contribution in [0, 0.1) is 0 Å². The molecule has 32 heteroatoms. The molecule has 0 aromatic heterocycles. The van der Waals surface area contributed by atoms with Crippen molar-refractivity contribution in [2.24, 2.45) is 20.5 Å². The van der Waals surface area contributed by atoms with Crippen LogP contribution < -0.4 is 20.1 Å². The Labute approximate surface area is 611 Å². The fourth-order valence-corrected chi connectivity index (χ4v) is 8.59. The summed E-state index contributed by atoms with van der Waals surface area (Å²) in [5, 5.41) is 57.4. The van der Waals surface area contributed by atoms with Gasteiger partial charge < -0.3 is 116 Å². The molecule has 2 amide bonds. The Morgan fingerprint density at radius 1 is 0.317 bits per heavy atom. The lowest BCUT2D eigenvalue weighted by molar-refractivity contribution is -0.127. The molecule has 104 heavy (non-hydrogen) atoms. The lowest BCUT2D eigenvalue weighted by Gasteiger charge is -2.23. The van der Waals surface area contributed by atoms with Gasteiger partial charge in [-0.25, -0.2) is 0 Å². The fraction of sp³-hybridized carbons (Fsp3) is 0.694. The zero-order valence-corrected chi connectivity index (χ0v) is 62.2. The number of ether oxygens (including phenoxy) is 18. The van der Waals surface area contributed by atoms with Crippen LogP contribution >= 0.6 is 0 Å². The molecular weight excluding hydrogens is 1360 g/mol. The van der Waals surface area contributed by atoms with Gasteiger partial charge in [-0.2, -0.15) is 20.5 Å². The Bertz CT molecular complexity index is 2560. The maximum atomic E-state index is 13.4. The van der Waals surface area contributed by atoms with Crippen molar-refractivity contribution in [3.63, 3.8) is 0 Å². The van der Waals surface area contributed by atoms with Gasteiger partial charge in [-0.1, -0.05) is 0 Å². The normalized spacial score (nSPS) is 15.4. The van der Waals surface area contributed by atoms with E-state index in [2.05, 4.69) is 31.1 Å². The van der Waals surface area contributed by atoms with E-state index in [9.17, 15) is 19.2 Å². The number of aliphatic hydroxyl groups excluding tert-OH is 4. The molecule has 3 rings (SSSR count). The molecule has 3 aromatic carbocycles. The number of hydrogen-bond donors (Lipinski definition) is 6. The fourth-order valence-electron chi connectivity index (χ4n) is 8.59. The van der Waals surface area contributed by atoms with E-state index in [4.69, 9.17) is 106 Å². The number of carbonyl (C=O) groups excluding carboxylic acids is 4. The van der Waals surface area contributed by atoms with Crippen LogP contribution in [0.25, 0.3) is 0 Å². The zero-order chi connectivity index (χ0) is 76.0. The van der Waals surface area contributed by atoms with Crippen molar-refractivity contribution in [2.75, 3.05) is 196 Å². The van der Waals surface area contributed by atoms with Gasteiger partial charge in [-0.05, 0) is 142 Å². The number of benzene rings is 3. The Morgan fingerprint density at radius 3 is 0.865 bits per heavy atom. The number of amides is 2. The van der Waals surface area contributed by atoms with Crippen molar-refractivity contribution in [3.8, 4) is 11.5 Å². The van der Waals surface area contributed by atoms with Gasteiger partial charge in [0.25, 0.3) is 11.8 Å². The summed E-state index contributed by atoms with van der Waals surface area (Å²) in [5.41, 5.74) is 1.22. The van der Waals surface area contributed by atoms with Crippen molar-refractivity contribution in [2.45, 2.75) is 142 Å². The minimum absolute atomic E-state index is 0.0513. The number of ketones is 2. The van der Waals surface area contributed by atoms with Crippen LogP contribution in [0.5, 0.6) is 11.5 Å². The number of rotatable bonds is 66. The van der Waals surface area contributed by atoms with E-state index < -0.39 is 47.7 Å². The smallest absolute Gasteiger partial charge is 0.258 e. The van der Waals surface area contributed by atoms with Crippen LogP contribution in [0.4, 0.5) is 22.7 Å². The van der Waals surface area contributed by atoms with Gasteiger partial charge >= 0.3 is 0 Å². The van der Waals surface area contributed by atoms with E-state index in [0.717, 1.165) is 0 Å². The van der Waals surface area contributed by atoms with Gasteiger partial charge in [-0.3, -0.25) is 19.2 Å². The summed E-state index contributed by atoms with van der Waals surface area (Å²) >= 11 is 0. The predicted octanol–water partition coefficient (Wildman–Crippen LogP) is 5.88. The third-order valence-corrected chi connectivity index (χ3v) is 14.2. The van der Waals surface area contributed by atoms with Gasteiger partial charge in [0.15, 0.2) is 11.6 Å². The molecule has 0 heterocycles. The molecule has 0 fully saturated rings. The molecule has 0 saturated heterocycles. The Kier molecular flexibility index (Phi) is 51.5. The first-order chi connectivity index (χ1) is 50.2. The van der Waals surface area contributed by atoms with Crippen LogP contribution in [0.15, 0.2) is 93.3 Å². The van der Waals surface area contributed by atoms with Crippen LogP contribution in [-0.2, 0) is 95.0 Å². The van der Waals surface area contributed by atoms with Crippen molar-refractivity contribution < 1.29 is 125 Å². The number of nitrogens with zero attached hydrogens (tertiary/aromatic N) is 4. The second-order valence-corrected chi connectivity index (χ2v) is 24.3. The standard InChI is InChI=1S/C72H116N6O26/c1-51(97-41-53(3)93-35-31-87-27-23-79)39-91-47-67(101-45-57(7)99-43-55(5)95-37-33-89-29-25-81)49-103-65-19-15-63(16-20-65)75-77-69(59(9)83)71(85)73-61-11-13-62(14-12-61)74-72(86)70(60(10)84)78-76-64-17-21-66(22-18-64)104-50-68(102-46-58(8)100-44-56(6)96-38-34-90-30-26-82)48-92-40-52(2)98-42-54(4)94-36-32-88-28-24-80/h11-22,51-58,67-70,79-82H,23-50H2,1-10H3,(H,73,85)(H,74,86). The SMILES string of the molecule is CC(=O)C(N=Nc1ccc(OCC(COCC(C)OCC(C)OCCOCCO)OCC(C)OCC(C)OCCOCCO)cc1)C(=O)Nc1ccc(NC(=O)C(N=Nc2ccc(OCC(COCC(C)OCC(C)OCCOCCO)OCC(C)OCC(C)OCCOCCO)cc2)C(C)=O)cc1. The quantitative estimate of drug-likeness (QED) is 0.0218. The first-order valence-corrected chi connectivity index (χ1v) is 35.3. The average molecular weight is 1480 g/mol. The highest BCUT2D eigenvalue weighted by molar-refractivity contribution is 6.11. The van der Waals surface area contributed by atoms with E-state index in [0.29, 0.717) is 102 Å². The molecule has 12 atom stereocenters. The number of nitrogens with one attached hydrogen (secondary N) is 2. The Morgan fingerprint density at radius 2 is 0.587 bits per heavy atom. The van der Waals surface area contributed by atoms with Gasteiger partial charge in [0.1, 0.15) is 36.9 Å². The Hall–Kier alpha value is -6.06. The molecule has 0 bridgehead atoms. The van der Waals surface area contributed by atoms with E-state index in [1.807, 2.05) is 55.4 Å². The highest BCUT2D eigenvalue weighted by atomic mass is 16.6. The third-order valence-electron chi connectivity index (χ3n) is 14.2. The molecule has 0 aliphatic rings. The molecule has 0 spiro atoms. The minimum atomic E-state index is -1.50. The second-order valence-electron chi connectivity index (χ2n) is 24.3. The maximum Gasteiger partial charge on any atom is 0.258 e. The molecule has 6 N–H and O–H groups in total. The van der Waals surface area contributed by atoms with Crippen LogP contribution in [-0.4, -0.2) is 302 Å². The number of aliphatic hydroxyl groups is 4. The van der Waals surface area contributed by atoms with Gasteiger partial charge in [0.05, 0.1) is 232 Å². The van der Waals surface area contributed by atoms with Gasteiger partial charge in [0, 0.05) is 11.4 Å². The molecular formula is C72H116N6O26. The number of anilines is 2. The van der Waals surface area contributed by atoms with E-state index in [1.54, 1.807) is 48.5 Å². The molecule has 0 aliphatic carbocycles. The van der Waals surface area contributed by atoms with Crippen molar-refractivity contribution in [1.82, 2.24) is 0 Å². The van der Waals surface area contributed by atoms with Crippen LogP contribution in [0.2, 0.25) is 0 Å². The van der Waals surface area contributed by atoms with Crippen molar-refractivity contribution >= 4 is 46.1 Å². The highest BCUT2D eigenvalue weighted by Gasteiger charge is 2.26. The lowest BCUT2D eigenvalue weighted by Crippen LogP contribution is -2.33. The summed E-state index contributed by atoms with van der Waals surface area (Å²) in [6.45, 7) is 24.1. The van der Waals surface area contributed by atoms with Gasteiger partial charge in [0.2, 0.25) is 12.1 Å². The van der Waals surface area contributed by atoms with Crippen LogP contribution in [0.3, 0.4) is 0 Å². The summed E-state index contributed by atoms with van der Waals surface area (Å²) < 4.78 is 104. The summed E-state index contributed by atoms with van der Waals surface area (Å²) in [4.78, 5) is 52.3. The first kappa shape index (κ1) is 92.1. The van der Waals surface area contributed by atoms with Crippen LogP contribution in [0.1, 0.15) is 69.2 Å². The molecule has 0 radical (unpaired) electrons. The molecule has 0 saturated carbocycles. The first-order valence-electron chi connectivity index (χ1n) is 35.3. The van der Waals surface area contributed by atoms with Gasteiger partial charge in [-0.15, -0.1) is 0 Å². The largest absolute Gasteiger partial charge is 0.491 e. The number of Topliss-reactive ketones (excluding diaryl/α,β-unsaturated/α-hetero) is 2. The zero-order valence-electron chi connectivity index (χ0n) is 62.2. The average Bonchev–Trinajstić information content (AvgIpc) is 0.863. The highest BCUT2D eigenvalue weighted by Crippen LogP contribution is 2.23. The minimum Gasteiger partial charge on any atom is -0.491 e. The summed E-state index contributed by atoms with van der Waals surface area (Å²) in [6.07, 6.45) is -2.95. The third kappa shape index (κ3) is 45.4. The topological polar surface area (TPSA) is 389 Å². The van der Waals surface area contributed by atoms with Crippen molar-refractivity contribution in [1.29, 1.82) is 0 Å². The van der Waals surface area contributed by atoms with E-state index in [1.165, 1.54) is 38.1 Å². The maximum absolute atomic E-state index is 13.4. The molecule has 32 nitrogen and oxygen atoms in total. The number of azo groups is 2. The number of hydrogen-bond acceptors (Lipinski definition) is 30. The summed E-state index contributed by atoms with van der Waals surface area (Å²) in [7, 11) is 0. The lowest BCUT2D eigenvalue weighted by atomic mass is 10.2. The summed E-state index contributed by atoms with van der Waals surface area (Å²) in [5.74, 6) is -1.71.